The number of likely N-dealkylation sites (tertiary alicyclic amines) is 1. The minimum absolute atomic E-state index is 0.00120. The molecule has 228 valence electrons. The van der Waals surface area contributed by atoms with Crippen molar-refractivity contribution in [3.8, 4) is 0 Å². The van der Waals surface area contributed by atoms with Crippen LogP contribution in [0.1, 0.15) is 88.6 Å². The number of piperidine rings is 2. The van der Waals surface area contributed by atoms with Gasteiger partial charge in [0, 0.05) is 31.2 Å². The number of aryl methyl sites for hydroxylation is 1. The zero-order valence-electron chi connectivity index (χ0n) is 25.8. The Morgan fingerprint density at radius 2 is 1.58 bits per heavy atom. The molecule has 7 heteroatoms. The summed E-state index contributed by atoms with van der Waals surface area (Å²) < 4.78 is 7.88. The van der Waals surface area contributed by atoms with Crippen LogP contribution in [0.15, 0.2) is 54.6 Å². The van der Waals surface area contributed by atoms with Gasteiger partial charge in [-0.2, -0.15) is 0 Å². The van der Waals surface area contributed by atoms with Gasteiger partial charge in [0.05, 0.1) is 17.6 Å². The zero-order chi connectivity index (χ0) is 29.6. The summed E-state index contributed by atoms with van der Waals surface area (Å²) in [7, 11) is 0. The highest BCUT2D eigenvalue weighted by molar-refractivity contribution is 6.03. The number of carbonyl (C=O) groups is 2. The van der Waals surface area contributed by atoms with E-state index in [-0.39, 0.29) is 17.3 Å². The largest absolute Gasteiger partial charge is 0.465 e. The Hall–Kier alpha value is -3.19. The molecular weight excluding hydrogens is 536 g/mol. The number of para-hydroxylation sites is 2. The average Bonchev–Trinajstić information content (AvgIpc) is 3.46. The highest BCUT2D eigenvalue weighted by Gasteiger charge is 2.55. The van der Waals surface area contributed by atoms with Gasteiger partial charge in [0.25, 0.3) is 0 Å². The molecule has 2 atom stereocenters. The minimum Gasteiger partial charge on any atom is -0.465 e. The van der Waals surface area contributed by atoms with Gasteiger partial charge in [0.1, 0.15) is 11.2 Å². The van der Waals surface area contributed by atoms with Crippen LogP contribution in [0.5, 0.6) is 0 Å². The van der Waals surface area contributed by atoms with Crippen LogP contribution in [0, 0.1) is 12.3 Å². The van der Waals surface area contributed by atoms with Crippen molar-refractivity contribution in [1.82, 2.24) is 19.4 Å². The molecule has 1 amide bonds. The molecule has 0 spiro atoms. The molecule has 3 aromatic rings. The first-order valence-electron chi connectivity index (χ1n) is 16.7. The number of ether oxygens (including phenoxy) is 1. The first kappa shape index (κ1) is 28.6. The zero-order valence-corrected chi connectivity index (χ0v) is 25.8. The van der Waals surface area contributed by atoms with E-state index in [2.05, 4.69) is 71.0 Å². The van der Waals surface area contributed by atoms with Crippen LogP contribution in [-0.4, -0.2) is 69.6 Å². The fourth-order valence-corrected chi connectivity index (χ4v) is 9.01. The van der Waals surface area contributed by atoms with Gasteiger partial charge in [-0.3, -0.25) is 14.5 Å². The van der Waals surface area contributed by atoms with Crippen molar-refractivity contribution in [3.05, 3.63) is 66.0 Å². The Kier molecular flexibility index (Phi) is 7.57. The predicted octanol–water partition coefficient (Wildman–Crippen LogP) is 6.20. The van der Waals surface area contributed by atoms with Gasteiger partial charge in [-0.25, -0.2) is 4.98 Å². The van der Waals surface area contributed by atoms with E-state index in [1.54, 1.807) is 0 Å². The molecule has 1 aromatic heterocycles. The number of aromatic nitrogens is 2. The van der Waals surface area contributed by atoms with Gasteiger partial charge in [0.15, 0.2) is 0 Å². The van der Waals surface area contributed by atoms with Gasteiger partial charge < -0.3 is 14.2 Å². The van der Waals surface area contributed by atoms with Crippen LogP contribution < -0.4 is 0 Å². The second-order valence-corrected chi connectivity index (χ2v) is 13.6. The lowest BCUT2D eigenvalue weighted by Gasteiger charge is -2.48. The van der Waals surface area contributed by atoms with E-state index in [0.717, 1.165) is 43.6 Å². The highest BCUT2D eigenvalue weighted by Crippen LogP contribution is 2.47. The Morgan fingerprint density at radius 1 is 0.907 bits per heavy atom. The van der Waals surface area contributed by atoms with Crippen LogP contribution in [0.3, 0.4) is 0 Å². The molecule has 4 heterocycles. The third-order valence-corrected chi connectivity index (χ3v) is 11.5. The Bertz CT molecular complexity index is 1460. The molecule has 2 bridgehead atoms. The van der Waals surface area contributed by atoms with E-state index in [0.29, 0.717) is 50.7 Å². The number of carbonyl (C=O) groups excluding carboxylic acids is 2. The van der Waals surface area contributed by atoms with Crippen LogP contribution in [0.25, 0.3) is 11.0 Å². The molecule has 7 rings (SSSR count). The van der Waals surface area contributed by atoms with Crippen molar-refractivity contribution in [2.24, 2.45) is 5.41 Å². The molecule has 1 aliphatic carbocycles. The Morgan fingerprint density at radius 3 is 2.23 bits per heavy atom. The van der Waals surface area contributed by atoms with Crippen LogP contribution in [-0.2, 0) is 19.7 Å². The van der Waals surface area contributed by atoms with E-state index < -0.39 is 5.41 Å². The van der Waals surface area contributed by atoms with E-state index in [1.165, 1.54) is 36.8 Å². The van der Waals surface area contributed by atoms with Gasteiger partial charge in [-0.1, -0.05) is 48.9 Å². The summed E-state index contributed by atoms with van der Waals surface area (Å²) in [4.78, 5) is 36.2. The fourth-order valence-electron chi connectivity index (χ4n) is 9.01. The number of nitrogens with zero attached hydrogens (tertiary/aromatic N) is 4. The molecule has 0 radical (unpaired) electrons. The molecule has 43 heavy (non-hydrogen) atoms. The number of rotatable bonds is 8. The smallest absolute Gasteiger partial charge is 0.321 e. The number of imidazole rings is 1. The number of fused-ring (bicyclic) bond motifs is 3. The summed E-state index contributed by atoms with van der Waals surface area (Å²) in [5, 5.41) is 0. The third-order valence-electron chi connectivity index (χ3n) is 11.5. The van der Waals surface area contributed by atoms with Crippen molar-refractivity contribution in [3.63, 3.8) is 0 Å². The molecule has 3 saturated heterocycles. The third kappa shape index (κ3) is 4.88. The molecule has 3 aliphatic heterocycles. The number of hydrogen-bond donors (Lipinski definition) is 0. The van der Waals surface area contributed by atoms with Crippen molar-refractivity contribution >= 4 is 22.9 Å². The number of esters is 1. The lowest BCUT2D eigenvalue weighted by molar-refractivity contribution is -0.172. The maximum atomic E-state index is 13.7. The SMILES string of the molecule is CCOC(=O)C1(C(=O)N2CCC(CCN3C4CCC3CC(n3c(C)nc5ccccc53)C4)(c3ccccc3)CC2)CCC1. The molecule has 2 unspecified atom stereocenters. The van der Waals surface area contributed by atoms with Gasteiger partial charge in [-0.15, -0.1) is 0 Å². The quantitative estimate of drug-likeness (QED) is 0.234. The average molecular weight is 583 g/mol. The van der Waals surface area contributed by atoms with E-state index in [4.69, 9.17) is 9.72 Å². The Labute approximate surface area is 255 Å². The van der Waals surface area contributed by atoms with E-state index in [1.807, 2.05) is 11.8 Å². The molecule has 0 N–H and O–H groups in total. The fraction of sp³-hybridized carbons (Fsp3) is 0.583. The first-order valence-corrected chi connectivity index (χ1v) is 16.7. The van der Waals surface area contributed by atoms with E-state index >= 15 is 0 Å². The lowest BCUT2D eigenvalue weighted by atomic mass is 9.66. The molecule has 1 saturated carbocycles. The maximum absolute atomic E-state index is 13.7. The number of amides is 1. The van der Waals surface area contributed by atoms with Crippen molar-refractivity contribution < 1.29 is 14.3 Å². The first-order chi connectivity index (χ1) is 20.9. The van der Waals surface area contributed by atoms with Crippen molar-refractivity contribution in [1.29, 1.82) is 0 Å². The predicted molar refractivity (Wildman–Crippen MR) is 168 cm³/mol. The summed E-state index contributed by atoms with van der Waals surface area (Å²) in [6.07, 6.45) is 10.1. The number of hydrogen-bond acceptors (Lipinski definition) is 5. The standard InChI is InChI=1S/C36H46N4O3/c1-3-43-34(42)36(16-9-17-36)33(41)38-21-18-35(19-22-38,27-10-5-4-6-11-27)20-23-39-28-14-15-29(39)25-30(24-28)40-26(2)37-31-12-7-8-13-32(31)40/h4-8,10-13,28-30H,3,9,14-25H2,1-2H3. The van der Waals surface area contributed by atoms with Gasteiger partial charge in [-0.05, 0) is 101 Å². The monoisotopic (exact) mass is 582 g/mol. The van der Waals surface area contributed by atoms with Crippen molar-refractivity contribution in [2.75, 3.05) is 26.2 Å². The van der Waals surface area contributed by atoms with Crippen molar-refractivity contribution in [2.45, 2.75) is 102 Å². The second kappa shape index (κ2) is 11.4. The Balaban J connectivity index is 1.05. The van der Waals surface area contributed by atoms with Crippen LogP contribution in [0.2, 0.25) is 0 Å². The summed E-state index contributed by atoms with van der Waals surface area (Å²) in [6, 6.07) is 21.3. The molecule has 2 aromatic carbocycles. The summed E-state index contributed by atoms with van der Waals surface area (Å²) in [5.41, 5.74) is 2.88. The minimum atomic E-state index is -0.939. The topological polar surface area (TPSA) is 67.7 Å². The molecule has 7 nitrogen and oxygen atoms in total. The molecule has 4 aliphatic rings. The summed E-state index contributed by atoms with van der Waals surface area (Å²) >= 11 is 0. The van der Waals surface area contributed by atoms with E-state index in [9.17, 15) is 9.59 Å². The lowest BCUT2D eigenvalue weighted by Crippen LogP contribution is -2.56. The van der Waals surface area contributed by atoms with Gasteiger partial charge in [0.2, 0.25) is 5.91 Å². The normalized spacial score (nSPS) is 26.3. The van der Waals surface area contributed by atoms with Crippen LogP contribution in [0.4, 0.5) is 0 Å². The van der Waals surface area contributed by atoms with Gasteiger partial charge >= 0.3 is 5.97 Å². The summed E-state index contributed by atoms with van der Waals surface area (Å²) in [5.74, 6) is 0.820. The highest BCUT2D eigenvalue weighted by atomic mass is 16.5. The summed E-state index contributed by atoms with van der Waals surface area (Å²) in [6.45, 7) is 6.81. The number of benzene rings is 2. The van der Waals surface area contributed by atoms with Crippen LogP contribution >= 0.6 is 0 Å². The molecular formula is C36H46N4O3. The molecule has 4 fully saturated rings. The maximum Gasteiger partial charge on any atom is 0.321 e. The second-order valence-electron chi connectivity index (χ2n) is 13.6.